The van der Waals surface area contributed by atoms with Crippen molar-refractivity contribution in [2.45, 2.75) is 25.0 Å². The molecule has 0 aromatic heterocycles. The van der Waals surface area contributed by atoms with Crippen LogP contribution in [0, 0.1) is 5.82 Å². The molecule has 5 nitrogen and oxygen atoms in total. The zero-order chi connectivity index (χ0) is 16.3. The predicted molar refractivity (Wildman–Crippen MR) is 83.4 cm³/mol. The highest BCUT2D eigenvalue weighted by Crippen LogP contribution is 2.22. The first-order valence-electron chi connectivity index (χ1n) is 7.37. The Morgan fingerprint density at radius 1 is 1.36 bits per heavy atom. The molecule has 0 saturated carbocycles. The zero-order valence-corrected chi connectivity index (χ0v) is 13.8. The Bertz CT molecular complexity index is 601. The van der Waals surface area contributed by atoms with Gasteiger partial charge in [-0.3, -0.25) is 0 Å². The van der Waals surface area contributed by atoms with Gasteiger partial charge in [0, 0.05) is 31.2 Å². The van der Waals surface area contributed by atoms with Gasteiger partial charge in [0.1, 0.15) is 5.82 Å². The molecule has 22 heavy (non-hydrogen) atoms. The summed E-state index contributed by atoms with van der Waals surface area (Å²) < 4.78 is 38.1. The predicted octanol–water partition coefficient (Wildman–Crippen LogP) is 1.21. The number of benzene rings is 1. The van der Waals surface area contributed by atoms with Gasteiger partial charge in [0.15, 0.2) is 0 Å². The maximum atomic E-state index is 13.7. The van der Waals surface area contributed by atoms with E-state index < -0.39 is 21.9 Å². The molecule has 1 N–H and O–H groups in total. The van der Waals surface area contributed by atoms with E-state index in [0.29, 0.717) is 38.0 Å². The smallest absolute Gasteiger partial charge is 0.211 e. The minimum atomic E-state index is -3.13. The minimum Gasteiger partial charge on any atom is -0.387 e. The lowest BCUT2D eigenvalue weighted by Gasteiger charge is -2.36. The van der Waals surface area contributed by atoms with Crippen molar-refractivity contribution < 1.29 is 17.9 Å². The topological polar surface area (TPSA) is 60.9 Å². The van der Waals surface area contributed by atoms with Crippen LogP contribution in [0.15, 0.2) is 24.3 Å². The molecule has 1 unspecified atom stereocenters. The van der Waals surface area contributed by atoms with Gasteiger partial charge >= 0.3 is 0 Å². The molecule has 0 radical (unpaired) electrons. The molecule has 1 aliphatic rings. The Hall–Kier alpha value is -1.02. The molecule has 0 spiro atoms. The first-order chi connectivity index (χ1) is 10.3. The van der Waals surface area contributed by atoms with Gasteiger partial charge < -0.3 is 10.0 Å². The second-order valence-corrected chi connectivity index (χ2v) is 7.85. The molecule has 0 bridgehead atoms. The number of likely N-dealkylation sites (N-methyl/N-ethyl adjacent to an activating group) is 1. The molecule has 7 heteroatoms. The summed E-state index contributed by atoms with van der Waals surface area (Å²) in [6.45, 7) is 1.30. The van der Waals surface area contributed by atoms with Crippen molar-refractivity contribution in [3.8, 4) is 0 Å². The van der Waals surface area contributed by atoms with Gasteiger partial charge in [-0.15, -0.1) is 0 Å². The monoisotopic (exact) mass is 330 g/mol. The number of piperidine rings is 1. The van der Waals surface area contributed by atoms with Crippen molar-refractivity contribution in [2.24, 2.45) is 0 Å². The summed E-state index contributed by atoms with van der Waals surface area (Å²) in [4.78, 5) is 1.98. The van der Waals surface area contributed by atoms with E-state index in [9.17, 15) is 17.9 Å². The quantitative estimate of drug-likeness (QED) is 0.882. The molecule has 0 aliphatic carbocycles. The standard InChI is InChI=1S/C15H23FN2O3S/c1-17(11-15(19)13-5-3-4-6-14(13)16)12-7-9-18(10-8-12)22(2,20)21/h3-6,12,15,19H,7-11H2,1-2H3. The number of hydrogen-bond acceptors (Lipinski definition) is 4. The first kappa shape index (κ1) is 17.3. The third-order valence-corrected chi connectivity index (χ3v) is 5.54. The van der Waals surface area contributed by atoms with Gasteiger partial charge in [-0.2, -0.15) is 0 Å². The number of halogens is 1. The van der Waals surface area contributed by atoms with E-state index in [0.717, 1.165) is 0 Å². The van der Waals surface area contributed by atoms with E-state index in [1.165, 1.54) is 16.6 Å². The molecule has 1 aliphatic heterocycles. The van der Waals surface area contributed by atoms with Crippen LogP contribution in [0.1, 0.15) is 24.5 Å². The van der Waals surface area contributed by atoms with E-state index in [4.69, 9.17) is 0 Å². The van der Waals surface area contributed by atoms with Crippen molar-refractivity contribution in [2.75, 3.05) is 32.9 Å². The molecule has 1 atom stereocenters. The summed E-state index contributed by atoms with van der Waals surface area (Å²) in [6.07, 6.45) is 1.76. The molecular weight excluding hydrogens is 307 g/mol. The van der Waals surface area contributed by atoms with Crippen LogP contribution in [0.3, 0.4) is 0 Å². The Kier molecular flexibility index (Phi) is 5.55. The van der Waals surface area contributed by atoms with Crippen LogP contribution in [0.25, 0.3) is 0 Å². The summed E-state index contributed by atoms with van der Waals surface area (Å²) in [5.41, 5.74) is 0.294. The molecule has 1 aromatic carbocycles. The van der Waals surface area contributed by atoms with Gasteiger partial charge in [0.2, 0.25) is 10.0 Å². The van der Waals surface area contributed by atoms with Gasteiger partial charge in [-0.25, -0.2) is 17.1 Å². The average Bonchev–Trinajstić information content (AvgIpc) is 2.46. The van der Waals surface area contributed by atoms with E-state index in [2.05, 4.69) is 0 Å². The number of sulfonamides is 1. The number of aliphatic hydroxyl groups is 1. The normalized spacial score (nSPS) is 19.5. The fourth-order valence-corrected chi connectivity index (χ4v) is 3.75. The van der Waals surface area contributed by atoms with Crippen LogP contribution in [0.4, 0.5) is 4.39 Å². The van der Waals surface area contributed by atoms with Gasteiger partial charge in [-0.05, 0) is 26.0 Å². The lowest BCUT2D eigenvalue weighted by molar-refractivity contribution is 0.0839. The molecular formula is C15H23FN2O3S. The largest absolute Gasteiger partial charge is 0.387 e. The number of hydrogen-bond donors (Lipinski definition) is 1. The Labute approximate surface area is 131 Å². The summed E-state index contributed by atoms with van der Waals surface area (Å²) in [7, 11) is -1.25. The first-order valence-corrected chi connectivity index (χ1v) is 9.21. The molecule has 1 saturated heterocycles. The van der Waals surface area contributed by atoms with Crippen LogP contribution in [-0.2, 0) is 10.0 Å². The van der Waals surface area contributed by atoms with E-state index >= 15 is 0 Å². The SMILES string of the molecule is CN(CC(O)c1ccccc1F)C1CCN(S(C)(=O)=O)CC1. The molecule has 2 rings (SSSR count). The second-order valence-electron chi connectivity index (χ2n) is 5.87. The number of rotatable bonds is 5. The lowest BCUT2D eigenvalue weighted by atomic mass is 10.0. The highest BCUT2D eigenvalue weighted by Gasteiger charge is 2.28. The third kappa shape index (κ3) is 4.25. The molecule has 124 valence electrons. The highest BCUT2D eigenvalue weighted by molar-refractivity contribution is 7.88. The molecule has 1 aromatic rings. The van der Waals surface area contributed by atoms with Crippen LogP contribution in [0.5, 0.6) is 0 Å². The molecule has 0 amide bonds. The summed E-state index contributed by atoms with van der Waals surface area (Å²) in [6, 6.07) is 6.41. The Morgan fingerprint density at radius 2 is 1.95 bits per heavy atom. The Morgan fingerprint density at radius 3 is 2.50 bits per heavy atom. The fraction of sp³-hybridized carbons (Fsp3) is 0.600. The van der Waals surface area contributed by atoms with Crippen LogP contribution >= 0.6 is 0 Å². The van der Waals surface area contributed by atoms with Crippen molar-refractivity contribution in [3.05, 3.63) is 35.6 Å². The minimum absolute atomic E-state index is 0.194. The van der Waals surface area contributed by atoms with E-state index in [1.54, 1.807) is 18.2 Å². The van der Waals surface area contributed by atoms with Crippen LogP contribution in [-0.4, -0.2) is 61.7 Å². The van der Waals surface area contributed by atoms with Crippen molar-refractivity contribution in [3.63, 3.8) is 0 Å². The van der Waals surface area contributed by atoms with Gasteiger partial charge in [0.25, 0.3) is 0 Å². The van der Waals surface area contributed by atoms with Crippen molar-refractivity contribution in [1.29, 1.82) is 0 Å². The fourth-order valence-electron chi connectivity index (χ4n) is 2.88. The van der Waals surface area contributed by atoms with Gasteiger partial charge in [0.05, 0.1) is 12.4 Å². The second kappa shape index (κ2) is 7.04. The maximum Gasteiger partial charge on any atom is 0.211 e. The maximum absolute atomic E-state index is 13.7. The molecule has 1 heterocycles. The van der Waals surface area contributed by atoms with Crippen molar-refractivity contribution in [1.82, 2.24) is 9.21 Å². The van der Waals surface area contributed by atoms with E-state index in [-0.39, 0.29) is 6.04 Å². The highest BCUT2D eigenvalue weighted by atomic mass is 32.2. The Balaban J connectivity index is 1.91. The average molecular weight is 330 g/mol. The zero-order valence-electron chi connectivity index (χ0n) is 12.9. The summed E-state index contributed by atoms with van der Waals surface area (Å²) in [5.74, 6) is -0.407. The van der Waals surface area contributed by atoms with Crippen molar-refractivity contribution >= 4 is 10.0 Å². The van der Waals surface area contributed by atoms with E-state index in [1.807, 2.05) is 11.9 Å². The lowest BCUT2D eigenvalue weighted by Crippen LogP contribution is -2.46. The molecule has 1 fully saturated rings. The van der Waals surface area contributed by atoms with Crippen LogP contribution in [0.2, 0.25) is 0 Å². The number of nitrogens with zero attached hydrogens (tertiary/aromatic N) is 2. The number of aliphatic hydroxyl groups excluding tert-OH is 1. The summed E-state index contributed by atoms with van der Waals surface area (Å²) in [5, 5.41) is 10.2. The van der Waals surface area contributed by atoms with Crippen LogP contribution < -0.4 is 0 Å². The summed E-state index contributed by atoms with van der Waals surface area (Å²) >= 11 is 0. The third-order valence-electron chi connectivity index (χ3n) is 4.24. The van der Waals surface area contributed by atoms with Gasteiger partial charge in [-0.1, -0.05) is 18.2 Å².